The largest absolute Gasteiger partial charge is 0.335 e. The Kier molecular flexibility index (Phi) is 1.28. The molecule has 0 spiro atoms. The third kappa shape index (κ3) is 0.598. The van der Waals surface area contributed by atoms with Crippen LogP contribution in [0.4, 0.5) is 0 Å². The van der Waals surface area contributed by atoms with Crippen LogP contribution in [-0.2, 0) is 9.59 Å². The van der Waals surface area contributed by atoms with Crippen molar-refractivity contribution in [1.82, 2.24) is 4.90 Å². The lowest BCUT2D eigenvalue weighted by atomic mass is 10.1. The van der Waals surface area contributed by atoms with Gasteiger partial charge in [-0.1, -0.05) is 0 Å². The van der Waals surface area contributed by atoms with Gasteiger partial charge >= 0.3 is 0 Å². The summed E-state index contributed by atoms with van der Waals surface area (Å²) in [5.74, 6) is 0. The predicted octanol–water partition coefficient (Wildman–Crippen LogP) is -0.584. The van der Waals surface area contributed by atoms with Crippen molar-refractivity contribution in [2.75, 3.05) is 6.54 Å². The minimum atomic E-state index is -0.118. The SMILES string of the molecule is O=C[C@@H]1CCN1C=O. The zero-order valence-corrected chi connectivity index (χ0v) is 4.41. The second-order valence-corrected chi connectivity index (χ2v) is 1.84. The Labute approximate surface area is 47.3 Å². The lowest BCUT2D eigenvalue weighted by molar-refractivity contribution is -0.131. The van der Waals surface area contributed by atoms with E-state index >= 15 is 0 Å². The van der Waals surface area contributed by atoms with Gasteiger partial charge in [0.2, 0.25) is 6.41 Å². The average Bonchev–Trinajstić information content (AvgIpc) is 1.66. The maximum Gasteiger partial charge on any atom is 0.210 e. The van der Waals surface area contributed by atoms with E-state index < -0.39 is 0 Å². The van der Waals surface area contributed by atoms with Gasteiger partial charge in [0.25, 0.3) is 0 Å². The molecule has 0 N–H and O–H groups in total. The van der Waals surface area contributed by atoms with Gasteiger partial charge in [0.1, 0.15) is 6.29 Å². The van der Waals surface area contributed by atoms with E-state index in [0.29, 0.717) is 6.41 Å². The highest BCUT2D eigenvalue weighted by molar-refractivity contribution is 5.66. The van der Waals surface area contributed by atoms with E-state index in [0.717, 1.165) is 19.3 Å². The molecule has 0 radical (unpaired) electrons. The highest BCUT2D eigenvalue weighted by Crippen LogP contribution is 2.10. The Morgan fingerprint density at radius 3 is 2.38 bits per heavy atom. The van der Waals surface area contributed by atoms with Crippen LogP contribution in [0.15, 0.2) is 0 Å². The fourth-order valence-electron chi connectivity index (χ4n) is 0.704. The Hall–Kier alpha value is -0.860. The summed E-state index contributed by atoms with van der Waals surface area (Å²) in [4.78, 5) is 21.4. The van der Waals surface area contributed by atoms with Gasteiger partial charge in [0.05, 0.1) is 6.04 Å². The molecule has 1 rings (SSSR count). The van der Waals surface area contributed by atoms with Crippen LogP contribution in [0.2, 0.25) is 0 Å². The van der Waals surface area contributed by atoms with Gasteiger partial charge < -0.3 is 9.69 Å². The molecule has 1 aliphatic heterocycles. The first kappa shape index (κ1) is 5.28. The number of amides is 1. The van der Waals surface area contributed by atoms with E-state index in [-0.39, 0.29) is 6.04 Å². The summed E-state index contributed by atoms with van der Waals surface area (Å²) in [6.45, 7) is 0.743. The molecular weight excluding hydrogens is 106 g/mol. The molecule has 0 bridgehead atoms. The number of likely N-dealkylation sites (tertiary alicyclic amines) is 1. The lowest BCUT2D eigenvalue weighted by Gasteiger charge is -2.33. The molecule has 3 nitrogen and oxygen atoms in total. The molecule has 3 heteroatoms. The summed E-state index contributed by atoms with van der Waals surface area (Å²) in [7, 11) is 0. The zero-order chi connectivity index (χ0) is 5.98. The Balaban J connectivity index is 2.36. The third-order valence-electron chi connectivity index (χ3n) is 1.40. The monoisotopic (exact) mass is 113 g/mol. The molecule has 0 unspecified atom stereocenters. The third-order valence-corrected chi connectivity index (χ3v) is 1.40. The van der Waals surface area contributed by atoms with Crippen LogP contribution in [-0.4, -0.2) is 30.2 Å². The highest BCUT2D eigenvalue weighted by atomic mass is 16.1. The molecule has 1 heterocycles. The van der Waals surface area contributed by atoms with Crippen LogP contribution < -0.4 is 0 Å². The van der Waals surface area contributed by atoms with Crippen LogP contribution in [0.1, 0.15) is 6.42 Å². The fourth-order valence-corrected chi connectivity index (χ4v) is 0.704. The van der Waals surface area contributed by atoms with Crippen molar-refractivity contribution in [2.45, 2.75) is 12.5 Å². The zero-order valence-electron chi connectivity index (χ0n) is 4.41. The van der Waals surface area contributed by atoms with E-state index in [1.165, 1.54) is 4.90 Å². The predicted molar refractivity (Wildman–Crippen MR) is 27.2 cm³/mol. The first-order valence-corrected chi connectivity index (χ1v) is 2.55. The Bertz CT molecular complexity index is 99.0. The minimum absolute atomic E-state index is 0.118. The second-order valence-electron chi connectivity index (χ2n) is 1.84. The van der Waals surface area contributed by atoms with E-state index in [4.69, 9.17) is 0 Å². The van der Waals surface area contributed by atoms with Crippen LogP contribution in [0.5, 0.6) is 0 Å². The normalized spacial score (nSPS) is 26.5. The maximum absolute atomic E-state index is 9.96. The van der Waals surface area contributed by atoms with Gasteiger partial charge in [-0.2, -0.15) is 0 Å². The molecule has 1 amide bonds. The van der Waals surface area contributed by atoms with E-state index in [2.05, 4.69) is 0 Å². The van der Waals surface area contributed by atoms with E-state index in [9.17, 15) is 9.59 Å². The number of nitrogens with zero attached hydrogens (tertiary/aromatic N) is 1. The van der Waals surface area contributed by atoms with Gasteiger partial charge in [-0.3, -0.25) is 4.79 Å². The van der Waals surface area contributed by atoms with Crippen molar-refractivity contribution in [3.05, 3.63) is 0 Å². The van der Waals surface area contributed by atoms with Gasteiger partial charge in [0, 0.05) is 6.54 Å². The summed E-state index contributed by atoms with van der Waals surface area (Å²) in [6.07, 6.45) is 2.35. The second kappa shape index (κ2) is 1.94. The van der Waals surface area contributed by atoms with E-state index in [1.54, 1.807) is 0 Å². The number of rotatable bonds is 2. The van der Waals surface area contributed by atoms with Crippen molar-refractivity contribution in [1.29, 1.82) is 0 Å². The summed E-state index contributed by atoms with van der Waals surface area (Å²) in [6, 6.07) is -0.118. The van der Waals surface area contributed by atoms with Crippen molar-refractivity contribution in [2.24, 2.45) is 0 Å². The topological polar surface area (TPSA) is 37.4 Å². The van der Waals surface area contributed by atoms with Crippen LogP contribution in [0.25, 0.3) is 0 Å². The summed E-state index contributed by atoms with van der Waals surface area (Å²) < 4.78 is 0. The first-order valence-electron chi connectivity index (χ1n) is 2.55. The smallest absolute Gasteiger partial charge is 0.210 e. The fraction of sp³-hybridized carbons (Fsp3) is 0.600. The first-order chi connectivity index (χ1) is 3.88. The van der Waals surface area contributed by atoms with Crippen LogP contribution in [0, 0.1) is 0 Å². The summed E-state index contributed by atoms with van der Waals surface area (Å²) >= 11 is 0. The molecule has 0 saturated carbocycles. The molecule has 1 fully saturated rings. The van der Waals surface area contributed by atoms with Crippen LogP contribution in [0.3, 0.4) is 0 Å². The number of aldehydes is 1. The number of hydrogen-bond donors (Lipinski definition) is 0. The maximum atomic E-state index is 9.96. The number of carbonyl (C=O) groups is 2. The molecular formula is C5H7NO2. The van der Waals surface area contributed by atoms with Crippen LogP contribution >= 0.6 is 0 Å². The van der Waals surface area contributed by atoms with E-state index in [1.807, 2.05) is 0 Å². The minimum Gasteiger partial charge on any atom is -0.335 e. The van der Waals surface area contributed by atoms with Crippen molar-refractivity contribution < 1.29 is 9.59 Å². The molecule has 0 aromatic heterocycles. The quantitative estimate of drug-likeness (QED) is 0.449. The van der Waals surface area contributed by atoms with Crippen molar-refractivity contribution in [3.63, 3.8) is 0 Å². The Morgan fingerprint density at radius 1 is 1.50 bits per heavy atom. The molecule has 0 aliphatic carbocycles. The van der Waals surface area contributed by atoms with Gasteiger partial charge in [0.15, 0.2) is 0 Å². The highest BCUT2D eigenvalue weighted by Gasteiger charge is 2.24. The molecule has 8 heavy (non-hydrogen) atoms. The number of hydrogen-bond acceptors (Lipinski definition) is 2. The molecule has 0 aromatic rings. The molecule has 1 saturated heterocycles. The van der Waals surface area contributed by atoms with Gasteiger partial charge in [-0.05, 0) is 6.42 Å². The van der Waals surface area contributed by atoms with Gasteiger partial charge in [-0.15, -0.1) is 0 Å². The molecule has 1 atom stereocenters. The van der Waals surface area contributed by atoms with Gasteiger partial charge in [-0.25, -0.2) is 0 Å². The average molecular weight is 113 g/mol. The molecule has 1 aliphatic rings. The lowest BCUT2D eigenvalue weighted by Crippen LogP contribution is -2.47. The van der Waals surface area contributed by atoms with Crippen molar-refractivity contribution >= 4 is 12.7 Å². The molecule has 44 valence electrons. The standard InChI is InChI=1S/C5H7NO2/c7-3-5-1-2-6(5)4-8/h3-5H,1-2H2/t5-/m0/s1. The van der Waals surface area contributed by atoms with Crippen molar-refractivity contribution in [3.8, 4) is 0 Å². The summed E-state index contributed by atoms with van der Waals surface area (Å²) in [5, 5.41) is 0. The Morgan fingerprint density at radius 2 is 2.25 bits per heavy atom. The molecule has 0 aromatic carbocycles. The number of carbonyl (C=O) groups excluding carboxylic acids is 2. The summed E-state index contributed by atoms with van der Waals surface area (Å²) in [5.41, 5.74) is 0.